The van der Waals surface area contributed by atoms with Crippen molar-refractivity contribution in [3.05, 3.63) is 11.6 Å². The number of nitrogens with one attached hydrogen (secondary N) is 1. The maximum Gasteiger partial charge on any atom is 0.310 e. The molecular formula is C16H19NO6. The van der Waals surface area contributed by atoms with E-state index in [-0.39, 0.29) is 5.91 Å². The predicted molar refractivity (Wildman–Crippen MR) is 76.5 cm³/mol. The standard InChI is InChI=1S/C16H19NO6/c1-6-5-16(2)10-8(12(18)17-13(10)19)7(6)9(14(20)22-3)11(16)15(21)23-4/h5,7-11H,1-4H3,(H,17,18,19)/t7-,8+,9?,10-,11?,16+/m0/s1. The number of rotatable bonds is 2. The zero-order chi connectivity index (χ0) is 17.1. The summed E-state index contributed by atoms with van der Waals surface area (Å²) in [5, 5.41) is 2.34. The Morgan fingerprint density at radius 2 is 1.70 bits per heavy atom. The Bertz CT molecular complexity index is 653. The van der Waals surface area contributed by atoms with Gasteiger partial charge < -0.3 is 9.47 Å². The maximum absolute atomic E-state index is 12.4. The maximum atomic E-state index is 12.4. The molecular weight excluding hydrogens is 302 g/mol. The number of esters is 2. The van der Waals surface area contributed by atoms with Gasteiger partial charge >= 0.3 is 11.9 Å². The minimum atomic E-state index is -0.967. The number of amides is 2. The lowest BCUT2D eigenvalue weighted by Crippen LogP contribution is -2.61. The molecule has 7 nitrogen and oxygen atoms in total. The van der Waals surface area contributed by atoms with Crippen LogP contribution in [0, 0.1) is 35.0 Å². The molecule has 2 amide bonds. The first-order valence-electron chi connectivity index (χ1n) is 7.47. The fourth-order valence-electron chi connectivity index (χ4n) is 4.93. The summed E-state index contributed by atoms with van der Waals surface area (Å²) in [6.07, 6.45) is 1.85. The van der Waals surface area contributed by atoms with Crippen LogP contribution in [0.5, 0.6) is 0 Å². The van der Waals surface area contributed by atoms with Gasteiger partial charge in [-0.05, 0) is 6.92 Å². The Morgan fingerprint density at radius 3 is 2.26 bits per heavy atom. The van der Waals surface area contributed by atoms with Gasteiger partial charge in [0.25, 0.3) is 0 Å². The molecule has 4 rings (SSSR count). The summed E-state index contributed by atoms with van der Waals surface area (Å²) in [5.74, 6) is -5.46. The van der Waals surface area contributed by atoms with Crippen LogP contribution >= 0.6 is 0 Å². The van der Waals surface area contributed by atoms with Crippen molar-refractivity contribution >= 4 is 23.8 Å². The summed E-state index contributed by atoms with van der Waals surface area (Å²) in [6.45, 7) is 3.55. The third kappa shape index (κ3) is 1.82. The second-order valence-electron chi connectivity index (χ2n) is 6.69. The second-order valence-corrected chi connectivity index (χ2v) is 6.69. The lowest BCUT2D eigenvalue weighted by molar-refractivity contribution is -0.177. The van der Waals surface area contributed by atoms with E-state index in [2.05, 4.69) is 5.32 Å². The van der Waals surface area contributed by atoms with Gasteiger partial charge in [-0.3, -0.25) is 24.5 Å². The number of ether oxygens (including phenoxy) is 2. The molecule has 0 aromatic rings. The van der Waals surface area contributed by atoms with E-state index in [9.17, 15) is 19.2 Å². The van der Waals surface area contributed by atoms with Gasteiger partial charge in [-0.1, -0.05) is 18.6 Å². The summed E-state index contributed by atoms with van der Waals surface area (Å²) in [7, 11) is 2.49. The van der Waals surface area contributed by atoms with Crippen LogP contribution in [-0.4, -0.2) is 38.0 Å². The van der Waals surface area contributed by atoms with Gasteiger partial charge in [0, 0.05) is 11.3 Å². The molecule has 1 N–H and O–H groups in total. The van der Waals surface area contributed by atoms with Gasteiger partial charge in [0.05, 0.1) is 37.9 Å². The first-order chi connectivity index (χ1) is 10.8. The third-order valence-corrected chi connectivity index (χ3v) is 5.66. The molecule has 124 valence electrons. The highest BCUT2D eigenvalue weighted by Crippen LogP contribution is 2.62. The molecule has 1 heterocycles. The van der Waals surface area contributed by atoms with Gasteiger partial charge in [0.1, 0.15) is 0 Å². The van der Waals surface area contributed by atoms with Crippen LogP contribution in [0.15, 0.2) is 11.6 Å². The van der Waals surface area contributed by atoms with E-state index in [0.29, 0.717) is 0 Å². The van der Waals surface area contributed by atoms with E-state index >= 15 is 0 Å². The van der Waals surface area contributed by atoms with Gasteiger partial charge in [-0.15, -0.1) is 0 Å². The number of hydrogen-bond acceptors (Lipinski definition) is 6. The highest BCUT2D eigenvalue weighted by Gasteiger charge is 2.70. The topological polar surface area (TPSA) is 98.8 Å². The van der Waals surface area contributed by atoms with Crippen molar-refractivity contribution in [2.75, 3.05) is 14.2 Å². The van der Waals surface area contributed by atoms with Gasteiger partial charge in [-0.25, -0.2) is 0 Å². The van der Waals surface area contributed by atoms with Crippen LogP contribution in [0.1, 0.15) is 13.8 Å². The number of allylic oxidation sites excluding steroid dienone is 2. The lowest BCUT2D eigenvalue weighted by Gasteiger charge is -2.55. The molecule has 2 bridgehead atoms. The summed E-state index contributed by atoms with van der Waals surface area (Å²) < 4.78 is 9.77. The number of carbonyl (C=O) groups is 4. The summed E-state index contributed by atoms with van der Waals surface area (Å²) >= 11 is 0. The average molecular weight is 321 g/mol. The largest absolute Gasteiger partial charge is 0.469 e. The molecule has 23 heavy (non-hydrogen) atoms. The lowest BCUT2D eigenvalue weighted by atomic mass is 9.45. The molecule has 0 aromatic heterocycles. The first-order valence-corrected chi connectivity index (χ1v) is 7.47. The minimum Gasteiger partial charge on any atom is -0.469 e. The number of carbonyl (C=O) groups excluding carboxylic acids is 4. The fraction of sp³-hybridized carbons (Fsp3) is 0.625. The van der Waals surface area contributed by atoms with Crippen LogP contribution in [0.25, 0.3) is 0 Å². The molecule has 4 aliphatic rings. The molecule has 1 aliphatic heterocycles. The number of fused-ring (bicyclic) bond motifs is 1. The Morgan fingerprint density at radius 1 is 1.09 bits per heavy atom. The van der Waals surface area contributed by atoms with Crippen molar-refractivity contribution in [2.24, 2.45) is 35.0 Å². The Hall–Kier alpha value is -2.18. The van der Waals surface area contributed by atoms with E-state index in [1.807, 2.05) is 13.0 Å². The van der Waals surface area contributed by atoms with Crippen LogP contribution in [0.3, 0.4) is 0 Å². The number of methoxy groups -OCH3 is 2. The van der Waals surface area contributed by atoms with Crippen molar-refractivity contribution in [3.8, 4) is 0 Å². The molecule has 1 saturated heterocycles. The van der Waals surface area contributed by atoms with Gasteiger partial charge in [0.15, 0.2) is 0 Å². The van der Waals surface area contributed by atoms with Crippen LogP contribution in [-0.2, 0) is 28.7 Å². The summed E-state index contributed by atoms with van der Waals surface area (Å²) in [5.41, 5.74) is -0.139. The SMILES string of the molecule is COC(=O)C1C(C(=O)OC)[C@]2(C)C=C(C)[C@H]1[C@H]1C(=O)NC(=O)[C@H]12. The quantitative estimate of drug-likeness (QED) is 0.438. The fourth-order valence-corrected chi connectivity index (χ4v) is 4.93. The zero-order valence-electron chi connectivity index (χ0n) is 13.4. The summed E-state index contributed by atoms with van der Waals surface area (Å²) in [6, 6.07) is 0. The average Bonchev–Trinajstić information content (AvgIpc) is 2.81. The van der Waals surface area contributed by atoms with Crippen molar-refractivity contribution in [2.45, 2.75) is 13.8 Å². The molecule has 7 heteroatoms. The Kier molecular flexibility index (Phi) is 3.35. The van der Waals surface area contributed by atoms with E-state index < -0.39 is 52.9 Å². The van der Waals surface area contributed by atoms with E-state index in [4.69, 9.17) is 9.47 Å². The molecule has 0 radical (unpaired) electrons. The Labute approximate surface area is 133 Å². The van der Waals surface area contributed by atoms with Crippen molar-refractivity contribution in [1.82, 2.24) is 5.32 Å². The first kappa shape index (κ1) is 15.7. The van der Waals surface area contributed by atoms with Crippen LogP contribution in [0.4, 0.5) is 0 Å². The molecule has 6 atom stereocenters. The highest BCUT2D eigenvalue weighted by molar-refractivity contribution is 6.07. The monoisotopic (exact) mass is 321 g/mol. The predicted octanol–water partition coefficient (Wildman–Crippen LogP) is 0.0496. The zero-order valence-corrected chi connectivity index (χ0v) is 13.4. The smallest absolute Gasteiger partial charge is 0.310 e. The number of hydrogen-bond donors (Lipinski definition) is 1. The second kappa shape index (κ2) is 4.91. The molecule has 0 aromatic carbocycles. The van der Waals surface area contributed by atoms with Crippen molar-refractivity contribution < 1.29 is 28.7 Å². The van der Waals surface area contributed by atoms with Crippen LogP contribution in [0.2, 0.25) is 0 Å². The number of imide groups is 1. The Balaban J connectivity index is 2.23. The van der Waals surface area contributed by atoms with Crippen molar-refractivity contribution in [3.63, 3.8) is 0 Å². The molecule has 2 unspecified atom stereocenters. The minimum absolute atomic E-state index is 0.388. The van der Waals surface area contributed by atoms with E-state index in [1.165, 1.54) is 14.2 Å². The van der Waals surface area contributed by atoms with E-state index in [1.54, 1.807) is 6.92 Å². The van der Waals surface area contributed by atoms with Crippen LogP contribution < -0.4 is 5.32 Å². The highest BCUT2D eigenvalue weighted by atomic mass is 16.5. The normalized spacial score (nSPS) is 41.0. The van der Waals surface area contributed by atoms with Gasteiger partial charge in [0.2, 0.25) is 11.8 Å². The molecule has 2 fully saturated rings. The summed E-state index contributed by atoms with van der Waals surface area (Å²) in [4.78, 5) is 49.3. The van der Waals surface area contributed by atoms with Gasteiger partial charge in [-0.2, -0.15) is 0 Å². The molecule has 1 saturated carbocycles. The molecule has 3 aliphatic carbocycles. The van der Waals surface area contributed by atoms with E-state index in [0.717, 1.165) is 5.57 Å². The third-order valence-electron chi connectivity index (χ3n) is 5.66. The molecule has 0 spiro atoms. The van der Waals surface area contributed by atoms with Crippen molar-refractivity contribution in [1.29, 1.82) is 0 Å².